The maximum absolute atomic E-state index is 12.5. The molecule has 3 aliphatic heterocycles. The van der Waals surface area contributed by atoms with Gasteiger partial charge < -0.3 is 40.4 Å². The highest BCUT2D eigenvalue weighted by Crippen LogP contribution is 2.33. The van der Waals surface area contributed by atoms with Crippen molar-refractivity contribution in [3.05, 3.63) is 12.2 Å². The number of imidazole rings is 1. The fraction of sp³-hybridized carbons (Fsp3) is 0.654. The van der Waals surface area contributed by atoms with Crippen LogP contribution in [-0.2, 0) is 19.0 Å². The first-order valence-electron chi connectivity index (χ1n) is 13.7. The number of rotatable bonds is 5. The number of nitrogens with zero attached hydrogens (tertiary/aromatic N) is 5. The van der Waals surface area contributed by atoms with Gasteiger partial charge in [0.05, 0.1) is 19.5 Å². The monoisotopic (exact) mass is 555 g/mol. The van der Waals surface area contributed by atoms with E-state index in [1.165, 1.54) is 10.9 Å². The summed E-state index contributed by atoms with van der Waals surface area (Å²) in [5.41, 5.74) is 6.69. The summed E-state index contributed by atoms with van der Waals surface area (Å²) in [7, 11) is 0. The SMILES string of the molecule is Nc1nc(C#CCC2CCN(C(=O)OC3CCOC3)CC2)nc2c1ncn2[C@@H]1O[C@H](C(=O)NC2CC2)[C@@H](O)[C@H]1O. The second-order valence-corrected chi connectivity index (χ2v) is 10.8. The molecule has 40 heavy (non-hydrogen) atoms. The predicted octanol–water partition coefficient (Wildman–Crippen LogP) is -0.315. The van der Waals surface area contributed by atoms with Gasteiger partial charge in [-0.2, -0.15) is 0 Å². The van der Waals surface area contributed by atoms with Crippen LogP contribution in [0, 0.1) is 17.8 Å². The van der Waals surface area contributed by atoms with Gasteiger partial charge in [-0.1, -0.05) is 5.92 Å². The lowest BCUT2D eigenvalue weighted by Gasteiger charge is -2.31. The molecule has 5 heterocycles. The Hall–Kier alpha value is -3.51. The number of hydrogen-bond acceptors (Lipinski definition) is 11. The lowest BCUT2D eigenvalue weighted by molar-refractivity contribution is -0.137. The smallest absolute Gasteiger partial charge is 0.410 e. The molecule has 0 spiro atoms. The number of likely N-dealkylation sites (tertiary alicyclic amines) is 1. The molecule has 14 heteroatoms. The van der Waals surface area contributed by atoms with E-state index in [2.05, 4.69) is 32.1 Å². The average molecular weight is 556 g/mol. The van der Waals surface area contributed by atoms with E-state index in [1.54, 1.807) is 4.90 Å². The Morgan fingerprint density at radius 1 is 1.15 bits per heavy atom. The minimum absolute atomic E-state index is 0.0865. The van der Waals surface area contributed by atoms with Gasteiger partial charge in [-0.25, -0.2) is 19.7 Å². The zero-order valence-electron chi connectivity index (χ0n) is 21.9. The van der Waals surface area contributed by atoms with Crippen LogP contribution in [0.15, 0.2) is 6.33 Å². The third-order valence-corrected chi connectivity index (χ3v) is 7.76. The van der Waals surface area contributed by atoms with E-state index in [9.17, 15) is 19.8 Å². The summed E-state index contributed by atoms with van der Waals surface area (Å²) in [4.78, 5) is 39.5. The topological polar surface area (TPSA) is 187 Å². The fourth-order valence-corrected chi connectivity index (χ4v) is 5.21. The minimum Gasteiger partial charge on any atom is -0.444 e. The number of aliphatic hydroxyl groups excluding tert-OH is 2. The highest BCUT2D eigenvalue weighted by molar-refractivity contribution is 5.83. The maximum Gasteiger partial charge on any atom is 0.410 e. The van der Waals surface area contributed by atoms with Crippen molar-refractivity contribution >= 4 is 29.0 Å². The van der Waals surface area contributed by atoms with E-state index in [0.717, 1.165) is 32.1 Å². The highest BCUT2D eigenvalue weighted by Gasteiger charge is 2.48. The van der Waals surface area contributed by atoms with Crippen LogP contribution in [0.4, 0.5) is 10.6 Å². The zero-order chi connectivity index (χ0) is 27.8. The van der Waals surface area contributed by atoms with Crippen LogP contribution < -0.4 is 11.1 Å². The van der Waals surface area contributed by atoms with Gasteiger partial charge in [0.15, 0.2) is 23.8 Å². The van der Waals surface area contributed by atoms with Crippen LogP contribution in [0.3, 0.4) is 0 Å². The zero-order valence-corrected chi connectivity index (χ0v) is 21.9. The molecule has 5 N–H and O–H groups in total. The summed E-state index contributed by atoms with van der Waals surface area (Å²) < 4.78 is 18.0. The molecular formula is C26H33N7O7. The Morgan fingerprint density at radius 2 is 1.95 bits per heavy atom. The molecule has 214 valence electrons. The van der Waals surface area contributed by atoms with Gasteiger partial charge >= 0.3 is 6.09 Å². The van der Waals surface area contributed by atoms with Crippen LogP contribution >= 0.6 is 0 Å². The molecule has 6 rings (SSSR count). The molecule has 4 fully saturated rings. The normalized spacial score (nSPS) is 28.9. The Bertz CT molecular complexity index is 1320. The van der Waals surface area contributed by atoms with Crippen molar-refractivity contribution in [1.29, 1.82) is 0 Å². The molecule has 2 amide bonds. The second-order valence-electron chi connectivity index (χ2n) is 10.8. The molecule has 14 nitrogen and oxygen atoms in total. The van der Waals surface area contributed by atoms with E-state index < -0.39 is 30.4 Å². The van der Waals surface area contributed by atoms with E-state index in [0.29, 0.717) is 44.2 Å². The van der Waals surface area contributed by atoms with Gasteiger partial charge in [-0.15, -0.1) is 0 Å². The summed E-state index contributed by atoms with van der Waals surface area (Å²) in [5.74, 6) is 6.24. The molecule has 2 aromatic heterocycles. The number of nitrogen functional groups attached to an aromatic ring is 1. The number of nitrogens with two attached hydrogens (primary N) is 1. The summed E-state index contributed by atoms with van der Waals surface area (Å²) >= 11 is 0. The quantitative estimate of drug-likeness (QED) is 0.354. The molecule has 4 aliphatic rings. The molecule has 1 aliphatic carbocycles. The lowest BCUT2D eigenvalue weighted by atomic mass is 9.94. The number of aromatic nitrogens is 4. The number of aliphatic hydroxyl groups is 2. The minimum atomic E-state index is -1.41. The van der Waals surface area contributed by atoms with Crippen molar-refractivity contribution in [2.45, 2.75) is 75.2 Å². The number of piperidine rings is 1. The number of anilines is 1. The van der Waals surface area contributed by atoms with Gasteiger partial charge in [0.2, 0.25) is 5.82 Å². The second kappa shape index (κ2) is 11.2. The number of amides is 2. The lowest BCUT2D eigenvalue weighted by Crippen LogP contribution is -2.43. The Kier molecular flexibility index (Phi) is 7.45. The predicted molar refractivity (Wildman–Crippen MR) is 138 cm³/mol. The van der Waals surface area contributed by atoms with Gasteiger partial charge in [0, 0.05) is 32.0 Å². The van der Waals surface area contributed by atoms with Crippen LogP contribution in [0.2, 0.25) is 0 Å². The Morgan fingerprint density at radius 3 is 2.67 bits per heavy atom. The van der Waals surface area contributed by atoms with Crippen molar-refractivity contribution in [2.24, 2.45) is 5.92 Å². The Balaban J connectivity index is 1.09. The molecule has 0 bridgehead atoms. The molecule has 3 saturated heterocycles. The van der Waals surface area contributed by atoms with Gasteiger partial charge in [-0.3, -0.25) is 9.36 Å². The standard InChI is InChI=1S/C26H33N7O7/c27-22-18-23(33(13-28-18)25-20(35)19(34)21(40-25)24(36)29-15-4-5-15)31-17(30-22)3-1-2-14-6-9-32(10-7-14)26(37)39-16-8-11-38-12-16/h13-16,19-21,25,34-35H,2,4-12H2,(H,29,36)(H2,27,30,31)/t16?,19-,20+,21-,25+/m0/s1. The number of ether oxygens (including phenoxy) is 3. The number of carbonyl (C=O) groups is 2. The molecule has 2 aromatic rings. The number of fused-ring (bicyclic) bond motifs is 1. The number of hydrogen-bond donors (Lipinski definition) is 4. The molecule has 0 radical (unpaired) electrons. The summed E-state index contributed by atoms with van der Waals surface area (Å²) in [6.45, 7) is 2.32. The van der Waals surface area contributed by atoms with Crippen molar-refractivity contribution in [1.82, 2.24) is 29.7 Å². The van der Waals surface area contributed by atoms with Crippen LogP contribution in [0.1, 0.15) is 50.6 Å². The third-order valence-electron chi connectivity index (χ3n) is 7.76. The van der Waals surface area contributed by atoms with Gasteiger partial charge in [0.25, 0.3) is 5.91 Å². The van der Waals surface area contributed by atoms with Gasteiger partial charge in [0.1, 0.15) is 23.8 Å². The molecular weight excluding hydrogens is 522 g/mol. The van der Waals surface area contributed by atoms with Crippen molar-refractivity contribution in [2.75, 3.05) is 32.0 Å². The number of carbonyl (C=O) groups excluding carboxylic acids is 2. The van der Waals surface area contributed by atoms with E-state index in [4.69, 9.17) is 19.9 Å². The Labute approximate surface area is 230 Å². The summed E-state index contributed by atoms with van der Waals surface area (Å²) in [6, 6.07) is 0.0865. The molecule has 1 saturated carbocycles. The van der Waals surface area contributed by atoms with Crippen molar-refractivity contribution in [3.8, 4) is 11.8 Å². The number of nitrogens with one attached hydrogen (secondary N) is 1. The fourth-order valence-electron chi connectivity index (χ4n) is 5.21. The molecule has 0 aromatic carbocycles. The highest BCUT2D eigenvalue weighted by atomic mass is 16.6. The van der Waals surface area contributed by atoms with Crippen LogP contribution in [-0.4, -0.2) is 103 Å². The van der Waals surface area contributed by atoms with Gasteiger partial charge in [-0.05, 0) is 37.5 Å². The first-order chi connectivity index (χ1) is 19.4. The van der Waals surface area contributed by atoms with Crippen molar-refractivity contribution in [3.63, 3.8) is 0 Å². The van der Waals surface area contributed by atoms with Crippen molar-refractivity contribution < 1.29 is 34.0 Å². The van der Waals surface area contributed by atoms with E-state index >= 15 is 0 Å². The summed E-state index contributed by atoms with van der Waals surface area (Å²) in [5, 5.41) is 23.9. The average Bonchev–Trinajstić information content (AvgIpc) is 3.29. The van der Waals surface area contributed by atoms with E-state index in [-0.39, 0.29) is 35.5 Å². The molecule has 1 unspecified atom stereocenters. The first kappa shape index (κ1) is 26.7. The summed E-state index contributed by atoms with van der Waals surface area (Å²) in [6.07, 6.45) is 0.581. The first-order valence-corrected chi connectivity index (χ1v) is 13.7. The maximum atomic E-state index is 12.5. The largest absolute Gasteiger partial charge is 0.444 e. The molecule has 5 atom stereocenters. The third kappa shape index (κ3) is 5.55. The van der Waals surface area contributed by atoms with Crippen LogP contribution in [0.5, 0.6) is 0 Å². The van der Waals surface area contributed by atoms with E-state index in [1.807, 2.05) is 0 Å². The van der Waals surface area contributed by atoms with Crippen LogP contribution in [0.25, 0.3) is 11.2 Å².